The number of hydrogen-bond donors (Lipinski definition) is 1. The van der Waals surface area contributed by atoms with Crippen LogP contribution in [0.3, 0.4) is 0 Å². The lowest BCUT2D eigenvalue weighted by Crippen LogP contribution is -2.35. The smallest absolute Gasteiger partial charge is 0.230 e. The molecule has 0 radical (unpaired) electrons. The molecule has 0 spiro atoms. The fourth-order valence-electron chi connectivity index (χ4n) is 3.81. The highest BCUT2D eigenvalue weighted by Gasteiger charge is 2.28. The van der Waals surface area contributed by atoms with E-state index in [1.165, 1.54) is 12.1 Å². The largest absolute Gasteiger partial charge is 0.356 e. The molecule has 0 atom stereocenters. The van der Waals surface area contributed by atoms with Gasteiger partial charge >= 0.3 is 0 Å². The van der Waals surface area contributed by atoms with Crippen molar-refractivity contribution in [2.24, 2.45) is 5.92 Å². The van der Waals surface area contributed by atoms with Crippen LogP contribution >= 0.6 is 0 Å². The van der Waals surface area contributed by atoms with Gasteiger partial charge in [0.2, 0.25) is 11.8 Å². The predicted molar refractivity (Wildman–Crippen MR) is 113 cm³/mol. The molecule has 3 rings (SSSR count). The highest BCUT2D eigenvalue weighted by Crippen LogP contribution is 2.30. The molecule has 1 fully saturated rings. The van der Waals surface area contributed by atoms with Crippen LogP contribution in [0.15, 0.2) is 48.5 Å². The number of rotatable bonds is 8. The molecular weight excluding hydrogens is 367 g/mol. The number of carbonyl (C=O) groups is 2. The number of nitrogens with zero attached hydrogens (tertiary/aromatic N) is 1. The summed E-state index contributed by atoms with van der Waals surface area (Å²) in [6, 6.07) is 13.9. The van der Waals surface area contributed by atoms with Crippen LogP contribution in [0.5, 0.6) is 0 Å². The molecule has 0 unspecified atom stereocenters. The maximum absolute atomic E-state index is 13.3. The molecule has 0 bridgehead atoms. The highest BCUT2D eigenvalue weighted by atomic mass is 19.1. The Morgan fingerprint density at radius 2 is 1.79 bits per heavy atom. The molecule has 154 valence electrons. The number of nitrogens with one attached hydrogen (secondary N) is 1. The van der Waals surface area contributed by atoms with Crippen LogP contribution < -0.4 is 10.2 Å². The Balaban J connectivity index is 1.82. The van der Waals surface area contributed by atoms with Crippen molar-refractivity contribution in [3.05, 3.63) is 65.5 Å². The number of anilines is 1. The van der Waals surface area contributed by atoms with E-state index in [9.17, 15) is 14.0 Å². The molecule has 5 heteroatoms. The van der Waals surface area contributed by atoms with Crippen molar-refractivity contribution in [3.8, 4) is 0 Å². The molecule has 1 N–H and O–H groups in total. The first-order valence-corrected chi connectivity index (χ1v) is 10.5. The first-order chi connectivity index (χ1) is 14.1. The number of carbonyl (C=O) groups excluding carboxylic acids is 2. The standard InChI is InChI=1S/C24H29FN2O2/c1-2-14-26-23(28)16-19-6-5-9-22(15-19)27(24(29)20-7-3-4-8-20)17-18-10-12-21(25)13-11-18/h5-6,9-13,15,20H,2-4,7-8,14,16-17H2,1H3,(H,26,28). The lowest BCUT2D eigenvalue weighted by Gasteiger charge is -2.26. The van der Waals surface area contributed by atoms with Gasteiger partial charge in [0.15, 0.2) is 0 Å². The van der Waals surface area contributed by atoms with Crippen molar-refractivity contribution in [2.45, 2.75) is 52.0 Å². The average Bonchev–Trinajstić information content (AvgIpc) is 3.26. The van der Waals surface area contributed by atoms with Gasteiger partial charge in [0.05, 0.1) is 13.0 Å². The second-order valence-corrected chi connectivity index (χ2v) is 7.73. The molecule has 1 saturated carbocycles. The van der Waals surface area contributed by atoms with E-state index in [0.717, 1.165) is 48.9 Å². The topological polar surface area (TPSA) is 49.4 Å². The Labute approximate surface area is 172 Å². The maximum atomic E-state index is 13.3. The van der Waals surface area contributed by atoms with Gasteiger partial charge in [-0.25, -0.2) is 4.39 Å². The van der Waals surface area contributed by atoms with Crippen LogP contribution in [-0.2, 0) is 22.6 Å². The van der Waals surface area contributed by atoms with Crippen molar-refractivity contribution in [2.75, 3.05) is 11.4 Å². The highest BCUT2D eigenvalue weighted by molar-refractivity contribution is 5.95. The summed E-state index contributed by atoms with van der Waals surface area (Å²) >= 11 is 0. The third-order valence-corrected chi connectivity index (χ3v) is 5.38. The van der Waals surface area contributed by atoms with E-state index in [1.807, 2.05) is 31.2 Å². The van der Waals surface area contributed by atoms with Gasteiger partial charge < -0.3 is 10.2 Å². The molecule has 2 aromatic rings. The summed E-state index contributed by atoms with van der Waals surface area (Å²) in [6.07, 6.45) is 5.18. The molecule has 2 amide bonds. The summed E-state index contributed by atoms with van der Waals surface area (Å²) in [6.45, 7) is 3.07. The fourth-order valence-corrected chi connectivity index (χ4v) is 3.81. The van der Waals surface area contributed by atoms with Gasteiger partial charge in [0.1, 0.15) is 5.82 Å². The van der Waals surface area contributed by atoms with E-state index in [1.54, 1.807) is 17.0 Å². The first kappa shape index (κ1) is 21.0. The van der Waals surface area contributed by atoms with Gasteiger partial charge in [-0.1, -0.05) is 44.0 Å². The molecule has 1 aliphatic carbocycles. The van der Waals surface area contributed by atoms with Crippen LogP contribution in [0, 0.1) is 11.7 Å². The zero-order valence-corrected chi connectivity index (χ0v) is 17.0. The number of hydrogen-bond acceptors (Lipinski definition) is 2. The van der Waals surface area contributed by atoms with Crippen molar-refractivity contribution in [1.82, 2.24) is 5.32 Å². The monoisotopic (exact) mass is 396 g/mol. The van der Waals surface area contributed by atoms with Gasteiger partial charge in [-0.2, -0.15) is 0 Å². The van der Waals surface area contributed by atoms with E-state index in [2.05, 4.69) is 5.32 Å². The molecule has 0 saturated heterocycles. The zero-order chi connectivity index (χ0) is 20.6. The quantitative estimate of drug-likeness (QED) is 0.708. The second-order valence-electron chi connectivity index (χ2n) is 7.73. The lowest BCUT2D eigenvalue weighted by atomic mass is 10.0. The van der Waals surface area contributed by atoms with Gasteiger partial charge in [-0.3, -0.25) is 9.59 Å². The summed E-state index contributed by atoms with van der Waals surface area (Å²) < 4.78 is 13.3. The average molecular weight is 397 g/mol. The van der Waals surface area contributed by atoms with Crippen molar-refractivity contribution < 1.29 is 14.0 Å². The Hall–Kier alpha value is -2.69. The molecule has 4 nitrogen and oxygen atoms in total. The summed E-state index contributed by atoms with van der Waals surface area (Å²) in [5, 5.41) is 2.89. The Bertz CT molecular complexity index is 829. The van der Waals surface area contributed by atoms with Gasteiger partial charge in [-0.15, -0.1) is 0 Å². The summed E-state index contributed by atoms with van der Waals surface area (Å²) in [5.74, 6) is -0.162. The normalized spacial score (nSPS) is 14.0. The molecule has 2 aromatic carbocycles. The Morgan fingerprint density at radius 1 is 1.07 bits per heavy atom. The SMILES string of the molecule is CCCNC(=O)Cc1cccc(N(Cc2ccc(F)cc2)C(=O)C2CCCC2)c1. The molecule has 0 aromatic heterocycles. The van der Waals surface area contributed by atoms with Crippen molar-refractivity contribution in [1.29, 1.82) is 0 Å². The van der Waals surface area contributed by atoms with E-state index < -0.39 is 0 Å². The number of amides is 2. The molecule has 29 heavy (non-hydrogen) atoms. The van der Waals surface area contributed by atoms with E-state index in [0.29, 0.717) is 13.1 Å². The lowest BCUT2D eigenvalue weighted by molar-refractivity contribution is -0.122. The van der Waals surface area contributed by atoms with Crippen molar-refractivity contribution >= 4 is 17.5 Å². The van der Waals surface area contributed by atoms with Crippen LogP contribution in [-0.4, -0.2) is 18.4 Å². The molecule has 0 aliphatic heterocycles. The summed E-state index contributed by atoms with van der Waals surface area (Å²) in [5.41, 5.74) is 2.54. The minimum Gasteiger partial charge on any atom is -0.356 e. The van der Waals surface area contributed by atoms with E-state index in [-0.39, 0.29) is 30.0 Å². The van der Waals surface area contributed by atoms with Crippen LogP contribution in [0.4, 0.5) is 10.1 Å². The second kappa shape index (κ2) is 10.2. The van der Waals surface area contributed by atoms with Crippen LogP contribution in [0.1, 0.15) is 50.2 Å². The molecule has 1 aliphatic rings. The Morgan fingerprint density at radius 3 is 2.48 bits per heavy atom. The minimum absolute atomic E-state index is 0.0174. The summed E-state index contributed by atoms with van der Waals surface area (Å²) in [7, 11) is 0. The maximum Gasteiger partial charge on any atom is 0.230 e. The van der Waals surface area contributed by atoms with Gasteiger partial charge in [0, 0.05) is 18.2 Å². The molecule has 0 heterocycles. The van der Waals surface area contributed by atoms with Crippen molar-refractivity contribution in [3.63, 3.8) is 0 Å². The zero-order valence-electron chi connectivity index (χ0n) is 17.0. The first-order valence-electron chi connectivity index (χ1n) is 10.5. The van der Waals surface area contributed by atoms with E-state index >= 15 is 0 Å². The Kier molecular flexibility index (Phi) is 7.39. The third kappa shape index (κ3) is 5.89. The third-order valence-electron chi connectivity index (χ3n) is 5.38. The van der Waals surface area contributed by atoms with Gasteiger partial charge in [0.25, 0.3) is 0 Å². The van der Waals surface area contributed by atoms with Crippen LogP contribution in [0.2, 0.25) is 0 Å². The number of halogens is 1. The fraction of sp³-hybridized carbons (Fsp3) is 0.417. The summed E-state index contributed by atoms with van der Waals surface area (Å²) in [4.78, 5) is 27.1. The predicted octanol–water partition coefficient (Wildman–Crippen LogP) is 4.62. The number of benzene rings is 2. The van der Waals surface area contributed by atoms with Crippen LogP contribution in [0.25, 0.3) is 0 Å². The molecular formula is C24H29FN2O2. The van der Waals surface area contributed by atoms with E-state index in [4.69, 9.17) is 0 Å². The van der Waals surface area contributed by atoms with Gasteiger partial charge in [-0.05, 0) is 54.7 Å². The minimum atomic E-state index is -0.289.